The van der Waals surface area contributed by atoms with Gasteiger partial charge in [-0.05, 0) is 29.6 Å². The van der Waals surface area contributed by atoms with Gasteiger partial charge in [-0.15, -0.1) is 11.3 Å². The SMILES string of the molecule is CC(=O)N1CCN(CCNC(=O)c2cccc(NC(=O)c3cccs3)c2)CC1. The quantitative estimate of drug-likeness (QED) is 0.776. The van der Waals surface area contributed by atoms with Gasteiger partial charge in [-0.1, -0.05) is 12.1 Å². The van der Waals surface area contributed by atoms with Gasteiger partial charge in [0.2, 0.25) is 5.91 Å². The number of nitrogens with zero attached hydrogens (tertiary/aromatic N) is 2. The topological polar surface area (TPSA) is 81.8 Å². The first-order valence-corrected chi connectivity index (χ1v) is 10.1. The Kier molecular flexibility index (Phi) is 6.78. The second-order valence-corrected chi connectivity index (χ2v) is 7.56. The molecule has 0 saturated carbocycles. The summed E-state index contributed by atoms with van der Waals surface area (Å²) in [5.41, 5.74) is 1.09. The number of anilines is 1. The van der Waals surface area contributed by atoms with Crippen LogP contribution in [0.4, 0.5) is 5.69 Å². The molecule has 3 amide bonds. The summed E-state index contributed by atoms with van der Waals surface area (Å²) in [5, 5.41) is 7.57. The van der Waals surface area contributed by atoms with Crippen molar-refractivity contribution in [1.29, 1.82) is 0 Å². The lowest BCUT2D eigenvalue weighted by atomic mass is 10.2. The molecule has 0 spiro atoms. The second-order valence-electron chi connectivity index (χ2n) is 6.62. The molecule has 1 aliphatic rings. The highest BCUT2D eigenvalue weighted by Gasteiger charge is 2.18. The average Bonchev–Trinajstić information content (AvgIpc) is 3.23. The van der Waals surface area contributed by atoms with Crippen LogP contribution in [0, 0.1) is 0 Å². The Hall–Kier alpha value is -2.71. The highest BCUT2D eigenvalue weighted by Crippen LogP contribution is 2.15. The molecule has 8 heteroatoms. The van der Waals surface area contributed by atoms with Crippen molar-refractivity contribution in [3.8, 4) is 0 Å². The minimum Gasteiger partial charge on any atom is -0.351 e. The number of piperazine rings is 1. The fraction of sp³-hybridized carbons (Fsp3) is 0.350. The number of amides is 3. The number of benzene rings is 1. The van der Waals surface area contributed by atoms with Crippen LogP contribution in [0.25, 0.3) is 0 Å². The van der Waals surface area contributed by atoms with Crippen LogP contribution >= 0.6 is 11.3 Å². The Morgan fingerprint density at radius 2 is 1.82 bits per heavy atom. The third-order valence-electron chi connectivity index (χ3n) is 4.66. The van der Waals surface area contributed by atoms with E-state index in [4.69, 9.17) is 0 Å². The van der Waals surface area contributed by atoms with Gasteiger partial charge in [0, 0.05) is 57.4 Å². The van der Waals surface area contributed by atoms with Gasteiger partial charge in [-0.25, -0.2) is 0 Å². The van der Waals surface area contributed by atoms with Crippen LogP contribution in [-0.2, 0) is 4.79 Å². The molecule has 3 rings (SSSR count). The largest absolute Gasteiger partial charge is 0.351 e. The summed E-state index contributed by atoms with van der Waals surface area (Å²) in [6.45, 7) is 5.97. The van der Waals surface area contributed by atoms with Crippen molar-refractivity contribution in [2.45, 2.75) is 6.92 Å². The molecular formula is C20H24N4O3S. The van der Waals surface area contributed by atoms with Crippen LogP contribution in [-0.4, -0.2) is 66.8 Å². The number of thiophene rings is 1. The molecular weight excluding hydrogens is 376 g/mol. The van der Waals surface area contributed by atoms with Crippen LogP contribution in [0.2, 0.25) is 0 Å². The molecule has 2 aromatic rings. The predicted molar refractivity (Wildman–Crippen MR) is 110 cm³/mol. The fourth-order valence-corrected chi connectivity index (χ4v) is 3.67. The van der Waals surface area contributed by atoms with E-state index < -0.39 is 0 Å². The average molecular weight is 401 g/mol. The van der Waals surface area contributed by atoms with E-state index in [0.717, 1.165) is 32.7 Å². The van der Waals surface area contributed by atoms with Crippen molar-refractivity contribution < 1.29 is 14.4 Å². The summed E-state index contributed by atoms with van der Waals surface area (Å²) in [6.07, 6.45) is 0. The molecule has 2 N–H and O–H groups in total. The van der Waals surface area contributed by atoms with Gasteiger partial charge in [0.05, 0.1) is 4.88 Å². The molecule has 0 atom stereocenters. The van der Waals surface area contributed by atoms with E-state index >= 15 is 0 Å². The maximum atomic E-state index is 12.4. The minimum atomic E-state index is -0.183. The van der Waals surface area contributed by atoms with E-state index in [1.807, 2.05) is 16.3 Å². The van der Waals surface area contributed by atoms with Crippen LogP contribution < -0.4 is 10.6 Å². The lowest BCUT2D eigenvalue weighted by molar-refractivity contribution is -0.130. The molecule has 0 aliphatic carbocycles. The van der Waals surface area contributed by atoms with Crippen molar-refractivity contribution in [3.05, 3.63) is 52.2 Å². The van der Waals surface area contributed by atoms with Crippen molar-refractivity contribution in [1.82, 2.24) is 15.1 Å². The monoisotopic (exact) mass is 400 g/mol. The first-order chi connectivity index (χ1) is 13.5. The fourth-order valence-electron chi connectivity index (χ4n) is 3.05. The Labute approximate surface area is 168 Å². The normalized spacial score (nSPS) is 14.5. The van der Waals surface area contributed by atoms with E-state index in [1.54, 1.807) is 37.3 Å². The molecule has 28 heavy (non-hydrogen) atoms. The minimum absolute atomic E-state index is 0.110. The van der Waals surface area contributed by atoms with Crippen LogP contribution in [0.15, 0.2) is 41.8 Å². The maximum absolute atomic E-state index is 12.4. The number of carbonyl (C=O) groups excluding carboxylic acids is 3. The van der Waals surface area contributed by atoms with E-state index in [0.29, 0.717) is 22.7 Å². The number of carbonyl (C=O) groups is 3. The predicted octanol–water partition coefficient (Wildman–Crippen LogP) is 1.89. The van der Waals surface area contributed by atoms with E-state index in [9.17, 15) is 14.4 Å². The zero-order valence-electron chi connectivity index (χ0n) is 15.8. The summed E-state index contributed by atoms with van der Waals surface area (Å²) in [4.78, 5) is 40.6. The van der Waals surface area contributed by atoms with Gasteiger partial charge in [0.1, 0.15) is 0 Å². The summed E-state index contributed by atoms with van der Waals surface area (Å²) in [5.74, 6) is -0.245. The molecule has 2 heterocycles. The zero-order chi connectivity index (χ0) is 19.9. The second kappa shape index (κ2) is 9.48. The molecule has 1 saturated heterocycles. The smallest absolute Gasteiger partial charge is 0.265 e. The molecule has 0 bridgehead atoms. The molecule has 1 fully saturated rings. The Morgan fingerprint density at radius 3 is 2.50 bits per heavy atom. The van der Waals surface area contributed by atoms with Crippen molar-refractivity contribution in [2.75, 3.05) is 44.6 Å². The van der Waals surface area contributed by atoms with E-state index in [2.05, 4.69) is 15.5 Å². The zero-order valence-corrected chi connectivity index (χ0v) is 16.6. The first-order valence-electron chi connectivity index (χ1n) is 9.24. The molecule has 1 aromatic heterocycles. The maximum Gasteiger partial charge on any atom is 0.265 e. The summed E-state index contributed by atoms with van der Waals surface area (Å²) >= 11 is 1.37. The first kappa shape index (κ1) is 20.0. The van der Waals surface area contributed by atoms with Gasteiger partial charge in [-0.2, -0.15) is 0 Å². The lowest BCUT2D eigenvalue weighted by Crippen LogP contribution is -2.49. The van der Waals surface area contributed by atoms with E-state index in [-0.39, 0.29) is 17.7 Å². The molecule has 1 aliphatic heterocycles. The van der Waals surface area contributed by atoms with Crippen LogP contribution in [0.5, 0.6) is 0 Å². The van der Waals surface area contributed by atoms with Gasteiger partial charge < -0.3 is 15.5 Å². The molecule has 148 valence electrons. The number of rotatable bonds is 6. The summed E-state index contributed by atoms with van der Waals surface area (Å²) in [6, 6.07) is 10.5. The van der Waals surface area contributed by atoms with Crippen LogP contribution in [0.1, 0.15) is 27.0 Å². The van der Waals surface area contributed by atoms with Crippen molar-refractivity contribution in [3.63, 3.8) is 0 Å². The Bertz CT molecular complexity index is 830. The summed E-state index contributed by atoms with van der Waals surface area (Å²) < 4.78 is 0. The van der Waals surface area contributed by atoms with Crippen LogP contribution in [0.3, 0.4) is 0 Å². The third-order valence-corrected chi connectivity index (χ3v) is 5.53. The van der Waals surface area contributed by atoms with Gasteiger partial charge in [0.25, 0.3) is 11.8 Å². The summed E-state index contributed by atoms with van der Waals surface area (Å²) in [7, 11) is 0. The lowest BCUT2D eigenvalue weighted by Gasteiger charge is -2.34. The standard InChI is InChI=1S/C20H24N4O3S/c1-15(25)24-11-9-23(10-12-24)8-7-21-19(26)16-4-2-5-17(14-16)22-20(27)18-6-3-13-28-18/h2-6,13-14H,7-12H2,1H3,(H,21,26)(H,22,27). The number of hydrogen-bond donors (Lipinski definition) is 2. The molecule has 1 aromatic carbocycles. The van der Waals surface area contributed by atoms with Crippen molar-refractivity contribution in [2.24, 2.45) is 0 Å². The third kappa shape index (κ3) is 5.40. The Morgan fingerprint density at radius 1 is 1.04 bits per heavy atom. The van der Waals surface area contributed by atoms with E-state index in [1.165, 1.54) is 11.3 Å². The Balaban J connectivity index is 1.46. The van der Waals surface area contributed by atoms with Gasteiger partial charge in [-0.3, -0.25) is 19.3 Å². The van der Waals surface area contributed by atoms with Gasteiger partial charge in [0.15, 0.2) is 0 Å². The number of nitrogens with one attached hydrogen (secondary N) is 2. The highest BCUT2D eigenvalue weighted by molar-refractivity contribution is 7.12. The molecule has 0 unspecified atom stereocenters. The van der Waals surface area contributed by atoms with Crippen molar-refractivity contribution >= 4 is 34.7 Å². The highest BCUT2D eigenvalue weighted by atomic mass is 32.1. The van der Waals surface area contributed by atoms with Gasteiger partial charge >= 0.3 is 0 Å². The molecule has 0 radical (unpaired) electrons. The molecule has 7 nitrogen and oxygen atoms in total. The number of hydrogen-bond acceptors (Lipinski definition) is 5.